The van der Waals surface area contributed by atoms with E-state index in [2.05, 4.69) is 5.32 Å². The Morgan fingerprint density at radius 1 is 1.11 bits per heavy atom. The summed E-state index contributed by atoms with van der Waals surface area (Å²) in [5.74, 6) is -2.13. The van der Waals surface area contributed by atoms with Gasteiger partial charge in [-0.1, -0.05) is 30.3 Å². The lowest BCUT2D eigenvalue weighted by molar-refractivity contribution is -0.144. The maximum absolute atomic E-state index is 13.0. The highest BCUT2D eigenvalue weighted by atomic mass is 19.1. The molecule has 1 heterocycles. The molecule has 0 saturated carbocycles. The van der Waals surface area contributed by atoms with Crippen molar-refractivity contribution in [3.63, 3.8) is 0 Å². The summed E-state index contributed by atoms with van der Waals surface area (Å²) < 4.78 is 13.0. The zero-order valence-electron chi connectivity index (χ0n) is 15.2. The fraction of sp³-hybridized carbons (Fsp3) is 0.190. The molecule has 28 heavy (non-hydrogen) atoms. The molecule has 7 heteroatoms. The lowest BCUT2D eigenvalue weighted by Gasteiger charge is -2.16. The Balaban J connectivity index is 1.49. The van der Waals surface area contributed by atoms with Gasteiger partial charge in [-0.15, -0.1) is 0 Å². The highest BCUT2D eigenvalue weighted by Gasteiger charge is 2.25. The standard InChI is InChI=1S/C21H20FN3O3/c22-18-6-4-15(5-7-18)17-9-11-25(13-17)21(28)20(27)24-10-8-14-2-1-3-16(12-14)19(23)26/h1-7,9,12H,8,10-11,13H2,(H2,23,26)(H,24,27). The Labute approximate surface area is 161 Å². The zero-order valence-corrected chi connectivity index (χ0v) is 15.2. The molecule has 6 nitrogen and oxygen atoms in total. The summed E-state index contributed by atoms with van der Waals surface area (Å²) in [5.41, 5.74) is 8.19. The van der Waals surface area contributed by atoms with Crippen molar-refractivity contribution < 1.29 is 18.8 Å². The minimum atomic E-state index is -0.681. The molecule has 1 aliphatic rings. The summed E-state index contributed by atoms with van der Waals surface area (Å²) in [6.45, 7) is 0.900. The summed E-state index contributed by atoms with van der Waals surface area (Å²) in [7, 11) is 0. The molecule has 0 aromatic heterocycles. The molecule has 144 valence electrons. The fourth-order valence-corrected chi connectivity index (χ4v) is 3.00. The van der Waals surface area contributed by atoms with E-state index < -0.39 is 17.7 Å². The number of benzene rings is 2. The van der Waals surface area contributed by atoms with E-state index in [1.165, 1.54) is 17.0 Å². The van der Waals surface area contributed by atoms with Crippen molar-refractivity contribution >= 4 is 23.3 Å². The maximum Gasteiger partial charge on any atom is 0.312 e. The highest BCUT2D eigenvalue weighted by molar-refractivity contribution is 6.35. The van der Waals surface area contributed by atoms with Gasteiger partial charge in [0.05, 0.1) is 0 Å². The molecule has 0 fully saturated rings. The number of nitrogens with two attached hydrogens (primary N) is 1. The lowest BCUT2D eigenvalue weighted by Crippen LogP contribution is -2.42. The molecule has 0 saturated heterocycles. The summed E-state index contributed by atoms with van der Waals surface area (Å²) in [6, 6.07) is 12.8. The average Bonchev–Trinajstić information content (AvgIpc) is 3.18. The number of hydrogen-bond acceptors (Lipinski definition) is 3. The number of nitrogens with one attached hydrogen (secondary N) is 1. The molecule has 0 unspecified atom stereocenters. The number of rotatable bonds is 5. The lowest BCUT2D eigenvalue weighted by atomic mass is 10.1. The third-order valence-corrected chi connectivity index (χ3v) is 4.53. The first-order chi connectivity index (χ1) is 13.4. The number of hydrogen-bond donors (Lipinski definition) is 2. The number of nitrogens with zero attached hydrogens (tertiary/aromatic N) is 1. The van der Waals surface area contributed by atoms with E-state index in [1.54, 1.807) is 30.3 Å². The highest BCUT2D eigenvalue weighted by Crippen LogP contribution is 2.21. The van der Waals surface area contributed by atoms with Gasteiger partial charge in [-0.05, 0) is 47.4 Å². The minimum Gasteiger partial charge on any atom is -0.366 e. The molecule has 0 bridgehead atoms. The number of halogens is 1. The minimum absolute atomic E-state index is 0.263. The molecule has 1 aliphatic heterocycles. The van der Waals surface area contributed by atoms with Crippen LogP contribution in [0.25, 0.3) is 5.57 Å². The van der Waals surface area contributed by atoms with Gasteiger partial charge < -0.3 is 16.0 Å². The predicted molar refractivity (Wildman–Crippen MR) is 103 cm³/mol. The zero-order chi connectivity index (χ0) is 20.1. The van der Waals surface area contributed by atoms with Crippen LogP contribution in [0.5, 0.6) is 0 Å². The molecule has 3 rings (SSSR count). The van der Waals surface area contributed by atoms with Gasteiger partial charge in [-0.3, -0.25) is 14.4 Å². The van der Waals surface area contributed by atoms with E-state index in [-0.39, 0.29) is 12.4 Å². The van der Waals surface area contributed by atoms with Crippen molar-refractivity contribution in [2.45, 2.75) is 6.42 Å². The SMILES string of the molecule is NC(=O)c1cccc(CCNC(=O)C(=O)N2CC=C(c3ccc(F)cc3)C2)c1. The molecule has 2 aromatic rings. The first kappa shape index (κ1) is 19.3. The monoisotopic (exact) mass is 381 g/mol. The summed E-state index contributed by atoms with van der Waals surface area (Å²) in [5, 5.41) is 2.60. The third kappa shape index (κ3) is 4.62. The second-order valence-corrected chi connectivity index (χ2v) is 6.49. The fourth-order valence-electron chi connectivity index (χ4n) is 3.00. The number of primary amides is 1. The van der Waals surface area contributed by atoms with Crippen LogP contribution >= 0.6 is 0 Å². The quantitative estimate of drug-likeness (QED) is 0.769. The van der Waals surface area contributed by atoms with Crippen molar-refractivity contribution in [1.82, 2.24) is 10.2 Å². The number of amides is 3. The number of carbonyl (C=O) groups excluding carboxylic acids is 3. The Hall–Kier alpha value is -3.48. The van der Waals surface area contributed by atoms with E-state index in [9.17, 15) is 18.8 Å². The van der Waals surface area contributed by atoms with Crippen LogP contribution in [-0.4, -0.2) is 42.3 Å². The van der Waals surface area contributed by atoms with Gasteiger partial charge in [-0.25, -0.2) is 4.39 Å². The molecule has 2 aromatic carbocycles. The van der Waals surface area contributed by atoms with Crippen molar-refractivity contribution in [1.29, 1.82) is 0 Å². The average molecular weight is 381 g/mol. The van der Waals surface area contributed by atoms with Crippen LogP contribution in [0.2, 0.25) is 0 Å². The van der Waals surface area contributed by atoms with Gasteiger partial charge in [0.25, 0.3) is 0 Å². The molecule has 0 radical (unpaired) electrons. The Morgan fingerprint density at radius 2 is 1.86 bits per heavy atom. The number of carbonyl (C=O) groups is 3. The van der Waals surface area contributed by atoms with E-state index in [0.717, 1.165) is 16.7 Å². The summed E-state index contributed by atoms with van der Waals surface area (Å²) in [6.07, 6.45) is 2.33. The summed E-state index contributed by atoms with van der Waals surface area (Å²) in [4.78, 5) is 37.1. The van der Waals surface area contributed by atoms with Crippen LogP contribution in [0.15, 0.2) is 54.6 Å². The molecular formula is C21H20FN3O3. The molecule has 3 amide bonds. The van der Waals surface area contributed by atoms with Crippen LogP contribution in [-0.2, 0) is 16.0 Å². The molecule has 0 atom stereocenters. The molecule has 3 N–H and O–H groups in total. The molecule has 0 aliphatic carbocycles. The van der Waals surface area contributed by atoms with Crippen LogP contribution in [0.4, 0.5) is 4.39 Å². The van der Waals surface area contributed by atoms with Crippen molar-refractivity contribution in [2.75, 3.05) is 19.6 Å². The predicted octanol–water partition coefficient (Wildman–Crippen LogP) is 1.51. The summed E-state index contributed by atoms with van der Waals surface area (Å²) >= 11 is 0. The first-order valence-electron chi connectivity index (χ1n) is 8.85. The smallest absolute Gasteiger partial charge is 0.312 e. The maximum atomic E-state index is 13.0. The van der Waals surface area contributed by atoms with Gasteiger partial charge >= 0.3 is 11.8 Å². The van der Waals surface area contributed by atoms with Gasteiger partial charge in [0.2, 0.25) is 5.91 Å². The van der Waals surface area contributed by atoms with Gasteiger partial charge in [0, 0.05) is 25.2 Å². The normalized spacial score (nSPS) is 13.2. The Bertz CT molecular complexity index is 938. The van der Waals surface area contributed by atoms with Crippen LogP contribution < -0.4 is 11.1 Å². The van der Waals surface area contributed by atoms with Crippen molar-refractivity contribution in [3.8, 4) is 0 Å². The van der Waals surface area contributed by atoms with Gasteiger partial charge in [0.1, 0.15) is 5.82 Å². The van der Waals surface area contributed by atoms with E-state index in [0.29, 0.717) is 25.1 Å². The van der Waals surface area contributed by atoms with E-state index in [4.69, 9.17) is 5.73 Å². The first-order valence-corrected chi connectivity index (χ1v) is 8.85. The second kappa shape index (κ2) is 8.47. The topological polar surface area (TPSA) is 92.5 Å². The van der Waals surface area contributed by atoms with Gasteiger partial charge in [-0.2, -0.15) is 0 Å². The van der Waals surface area contributed by atoms with Gasteiger partial charge in [0.15, 0.2) is 0 Å². The Morgan fingerprint density at radius 3 is 2.57 bits per heavy atom. The second-order valence-electron chi connectivity index (χ2n) is 6.49. The third-order valence-electron chi connectivity index (χ3n) is 4.53. The Kier molecular flexibility index (Phi) is 5.84. The molecule has 0 spiro atoms. The largest absolute Gasteiger partial charge is 0.366 e. The van der Waals surface area contributed by atoms with Crippen molar-refractivity contribution in [3.05, 3.63) is 77.1 Å². The van der Waals surface area contributed by atoms with Crippen LogP contribution in [0.1, 0.15) is 21.5 Å². The van der Waals surface area contributed by atoms with E-state index in [1.807, 2.05) is 12.1 Å². The van der Waals surface area contributed by atoms with E-state index >= 15 is 0 Å². The van der Waals surface area contributed by atoms with Crippen molar-refractivity contribution in [2.24, 2.45) is 5.73 Å². The molecular weight excluding hydrogens is 361 g/mol. The van der Waals surface area contributed by atoms with Crippen LogP contribution in [0.3, 0.4) is 0 Å². The van der Waals surface area contributed by atoms with Crippen LogP contribution in [0, 0.1) is 5.82 Å².